The number of nitrogens with zero attached hydrogens (tertiary/aromatic N) is 1. The van der Waals surface area contributed by atoms with E-state index in [9.17, 15) is 0 Å². The first kappa shape index (κ1) is 14.1. The van der Waals surface area contributed by atoms with Gasteiger partial charge in [0.1, 0.15) is 12.0 Å². The van der Waals surface area contributed by atoms with E-state index in [0.717, 1.165) is 25.0 Å². The monoisotopic (exact) mass is 304 g/mol. The Hall–Kier alpha value is -2.55. The normalized spacial score (nSPS) is 17.0. The highest BCUT2D eigenvalue weighted by atomic mass is 16.5. The van der Waals surface area contributed by atoms with Crippen LogP contribution in [0.4, 0.5) is 5.69 Å². The molecule has 1 aliphatic rings. The van der Waals surface area contributed by atoms with Crippen LogP contribution in [0.15, 0.2) is 59.3 Å². The van der Waals surface area contributed by atoms with E-state index in [2.05, 4.69) is 53.7 Å². The quantitative estimate of drug-likeness (QED) is 0.784. The maximum Gasteiger partial charge on any atom is 0.147 e. The van der Waals surface area contributed by atoms with Gasteiger partial charge in [-0.15, -0.1) is 0 Å². The Kier molecular flexibility index (Phi) is 3.62. The molecule has 0 saturated heterocycles. The Morgan fingerprint density at radius 3 is 2.74 bits per heavy atom. The maximum absolute atomic E-state index is 6.03. The molecule has 1 unspecified atom stereocenters. The van der Waals surface area contributed by atoms with Crippen molar-refractivity contribution >= 4 is 5.69 Å². The molecule has 1 atom stereocenters. The van der Waals surface area contributed by atoms with Crippen LogP contribution in [0.1, 0.15) is 46.7 Å². The minimum Gasteiger partial charge on any atom is -0.395 e. The summed E-state index contributed by atoms with van der Waals surface area (Å²) in [4.78, 5) is 0. The average molecular weight is 304 g/mol. The summed E-state index contributed by atoms with van der Waals surface area (Å²) in [7, 11) is 0. The van der Waals surface area contributed by atoms with Crippen LogP contribution in [0.5, 0.6) is 0 Å². The maximum atomic E-state index is 6.03. The third-order valence-electron chi connectivity index (χ3n) is 4.73. The van der Waals surface area contributed by atoms with Gasteiger partial charge in [-0.3, -0.25) is 0 Å². The fraction of sp³-hybridized carbons (Fsp3) is 0.250. The van der Waals surface area contributed by atoms with E-state index < -0.39 is 0 Å². The Labute approximate surface area is 136 Å². The SMILES string of the molecule is Nc1conc1C1CCCc2ccc(Cc3ccccc3)cc21. The minimum atomic E-state index is 0.258. The lowest BCUT2D eigenvalue weighted by molar-refractivity contribution is 0.404. The second-order valence-electron chi connectivity index (χ2n) is 6.30. The Morgan fingerprint density at radius 2 is 1.96 bits per heavy atom. The van der Waals surface area contributed by atoms with Gasteiger partial charge in [-0.05, 0) is 47.9 Å². The summed E-state index contributed by atoms with van der Waals surface area (Å²) in [6.45, 7) is 0. The highest BCUT2D eigenvalue weighted by molar-refractivity contribution is 5.49. The highest BCUT2D eigenvalue weighted by Gasteiger charge is 2.26. The number of aryl methyl sites for hydroxylation is 1. The Balaban J connectivity index is 1.70. The van der Waals surface area contributed by atoms with Crippen molar-refractivity contribution in [1.82, 2.24) is 5.16 Å². The molecule has 0 bridgehead atoms. The first-order chi connectivity index (χ1) is 11.3. The Morgan fingerprint density at radius 1 is 1.09 bits per heavy atom. The van der Waals surface area contributed by atoms with Crippen molar-refractivity contribution in [3.8, 4) is 0 Å². The van der Waals surface area contributed by atoms with Crippen LogP contribution < -0.4 is 5.73 Å². The van der Waals surface area contributed by atoms with E-state index in [4.69, 9.17) is 10.3 Å². The fourth-order valence-electron chi connectivity index (χ4n) is 3.59. The molecular weight excluding hydrogens is 284 g/mol. The van der Waals surface area contributed by atoms with E-state index >= 15 is 0 Å². The molecule has 116 valence electrons. The molecule has 3 aromatic rings. The number of benzene rings is 2. The average Bonchev–Trinajstić information content (AvgIpc) is 3.01. The van der Waals surface area contributed by atoms with Crippen LogP contribution in [-0.2, 0) is 12.8 Å². The largest absolute Gasteiger partial charge is 0.395 e. The molecule has 4 rings (SSSR count). The van der Waals surface area contributed by atoms with Gasteiger partial charge in [0.25, 0.3) is 0 Å². The summed E-state index contributed by atoms with van der Waals surface area (Å²) in [6.07, 6.45) is 5.88. The van der Waals surface area contributed by atoms with Gasteiger partial charge >= 0.3 is 0 Å². The van der Waals surface area contributed by atoms with E-state index in [0.29, 0.717) is 5.69 Å². The van der Waals surface area contributed by atoms with Crippen molar-refractivity contribution in [3.63, 3.8) is 0 Å². The molecule has 0 radical (unpaired) electrons. The molecule has 0 fully saturated rings. The van der Waals surface area contributed by atoms with Crippen LogP contribution in [0, 0.1) is 0 Å². The predicted molar refractivity (Wildman–Crippen MR) is 91.4 cm³/mol. The smallest absolute Gasteiger partial charge is 0.147 e. The number of nitrogen functional groups attached to an aromatic ring is 1. The second kappa shape index (κ2) is 5.92. The zero-order chi connectivity index (χ0) is 15.6. The van der Waals surface area contributed by atoms with Crippen LogP contribution in [0.3, 0.4) is 0 Å². The van der Waals surface area contributed by atoms with Gasteiger partial charge in [0.2, 0.25) is 0 Å². The third-order valence-corrected chi connectivity index (χ3v) is 4.73. The number of hydrogen-bond donors (Lipinski definition) is 1. The van der Waals surface area contributed by atoms with E-state index in [1.54, 1.807) is 0 Å². The van der Waals surface area contributed by atoms with E-state index in [-0.39, 0.29) is 5.92 Å². The zero-order valence-electron chi connectivity index (χ0n) is 13.0. The van der Waals surface area contributed by atoms with Gasteiger partial charge in [0, 0.05) is 5.92 Å². The van der Waals surface area contributed by atoms with Crippen LogP contribution in [0.2, 0.25) is 0 Å². The zero-order valence-corrected chi connectivity index (χ0v) is 13.0. The molecule has 0 aliphatic heterocycles. The molecule has 0 spiro atoms. The number of rotatable bonds is 3. The molecule has 23 heavy (non-hydrogen) atoms. The number of hydrogen-bond acceptors (Lipinski definition) is 3. The first-order valence-corrected chi connectivity index (χ1v) is 8.16. The van der Waals surface area contributed by atoms with Gasteiger partial charge in [0.05, 0.1) is 5.69 Å². The van der Waals surface area contributed by atoms with Gasteiger partial charge in [-0.1, -0.05) is 53.7 Å². The molecular formula is C20H20N2O. The standard InChI is InChI=1S/C20H20N2O/c21-19-13-23-22-20(19)17-8-4-7-16-10-9-15(12-18(16)17)11-14-5-2-1-3-6-14/h1-3,5-6,9-10,12-13,17H,4,7-8,11,21H2. The predicted octanol–water partition coefficient (Wildman–Crippen LogP) is 4.32. The molecule has 2 N–H and O–H groups in total. The van der Waals surface area contributed by atoms with Crippen LogP contribution in [-0.4, -0.2) is 5.16 Å². The number of aromatic nitrogens is 1. The molecule has 3 nitrogen and oxygen atoms in total. The third kappa shape index (κ3) is 2.74. The second-order valence-corrected chi connectivity index (χ2v) is 6.30. The molecule has 0 amide bonds. The van der Waals surface area contributed by atoms with Crippen molar-refractivity contribution in [3.05, 3.63) is 82.7 Å². The van der Waals surface area contributed by atoms with Crippen LogP contribution in [0.25, 0.3) is 0 Å². The number of anilines is 1. The van der Waals surface area contributed by atoms with Crippen molar-refractivity contribution < 1.29 is 4.52 Å². The molecule has 0 saturated carbocycles. The summed E-state index contributed by atoms with van der Waals surface area (Å²) < 4.78 is 5.06. The van der Waals surface area contributed by atoms with Gasteiger partial charge in [0.15, 0.2) is 0 Å². The van der Waals surface area contributed by atoms with Gasteiger partial charge in [-0.25, -0.2) is 0 Å². The van der Waals surface area contributed by atoms with Crippen molar-refractivity contribution in [1.29, 1.82) is 0 Å². The fourth-order valence-corrected chi connectivity index (χ4v) is 3.59. The molecule has 1 aromatic heterocycles. The van der Waals surface area contributed by atoms with Crippen molar-refractivity contribution in [2.24, 2.45) is 0 Å². The lowest BCUT2D eigenvalue weighted by atomic mass is 9.79. The highest BCUT2D eigenvalue weighted by Crippen LogP contribution is 2.38. The van der Waals surface area contributed by atoms with E-state index in [1.165, 1.54) is 34.9 Å². The number of fused-ring (bicyclic) bond motifs is 1. The first-order valence-electron chi connectivity index (χ1n) is 8.16. The summed E-state index contributed by atoms with van der Waals surface area (Å²) in [6, 6.07) is 17.4. The molecule has 1 heterocycles. The summed E-state index contributed by atoms with van der Waals surface area (Å²) in [5.41, 5.74) is 13.0. The summed E-state index contributed by atoms with van der Waals surface area (Å²) >= 11 is 0. The minimum absolute atomic E-state index is 0.258. The summed E-state index contributed by atoms with van der Waals surface area (Å²) in [5, 5.41) is 4.15. The lowest BCUT2D eigenvalue weighted by Gasteiger charge is -2.25. The van der Waals surface area contributed by atoms with E-state index in [1.807, 2.05) is 0 Å². The van der Waals surface area contributed by atoms with Gasteiger partial charge in [-0.2, -0.15) is 0 Å². The topological polar surface area (TPSA) is 52.0 Å². The summed E-state index contributed by atoms with van der Waals surface area (Å²) in [5.74, 6) is 0.258. The van der Waals surface area contributed by atoms with Gasteiger partial charge < -0.3 is 10.3 Å². The van der Waals surface area contributed by atoms with Crippen molar-refractivity contribution in [2.75, 3.05) is 5.73 Å². The lowest BCUT2D eigenvalue weighted by Crippen LogP contribution is -2.13. The Bertz CT molecular complexity index is 808. The number of nitrogens with two attached hydrogens (primary N) is 1. The molecule has 3 heteroatoms. The molecule has 1 aliphatic carbocycles. The van der Waals surface area contributed by atoms with Crippen molar-refractivity contribution in [2.45, 2.75) is 31.6 Å². The molecule has 2 aromatic carbocycles. The van der Waals surface area contributed by atoms with Crippen LogP contribution >= 0.6 is 0 Å².